The van der Waals surface area contributed by atoms with Crippen LogP contribution in [0.5, 0.6) is 0 Å². The number of rotatable bonds is 11. The molecular formula is C24H35N3O4. The molecular weight excluding hydrogens is 394 g/mol. The smallest absolute Gasteiger partial charge is 0.336 e. The molecule has 3 N–H and O–H groups in total. The standard InChI is InChI=1S/C24H35N3O4/c1-4-31-24(30)23-18(3)27(16-21(28)26-13-8-6-5-7-12-25)22(29)15-20(23)19-11-9-10-17(2)14-19/h9-11,14,20H,4-8,12-13,15-16,25H2,1-3H3,(H,26,28)/t20-/m1/s1. The van der Waals surface area contributed by atoms with Crippen LogP contribution in [0.25, 0.3) is 0 Å². The Kier molecular flexibility index (Phi) is 9.72. The van der Waals surface area contributed by atoms with E-state index in [2.05, 4.69) is 5.32 Å². The van der Waals surface area contributed by atoms with Gasteiger partial charge in [0.15, 0.2) is 0 Å². The van der Waals surface area contributed by atoms with Crippen LogP contribution in [0.4, 0.5) is 0 Å². The second kappa shape index (κ2) is 12.2. The molecule has 1 aliphatic heterocycles. The van der Waals surface area contributed by atoms with Gasteiger partial charge >= 0.3 is 5.97 Å². The molecule has 2 amide bonds. The second-order valence-corrected chi connectivity index (χ2v) is 7.92. The van der Waals surface area contributed by atoms with E-state index in [0.717, 1.165) is 36.8 Å². The number of ether oxygens (including phenoxy) is 1. The average molecular weight is 430 g/mol. The Bertz CT molecular complexity index is 819. The van der Waals surface area contributed by atoms with Gasteiger partial charge in [0.1, 0.15) is 6.54 Å². The Morgan fingerprint density at radius 1 is 1.19 bits per heavy atom. The molecule has 31 heavy (non-hydrogen) atoms. The Morgan fingerprint density at radius 2 is 1.94 bits per heavy atom. The summed E-state index contributed by atoms with van der Waals surface area (Å²) in [7, 11) is 0. The molecule has 1 heterocycles. The number of aryl methyl sites for hydroxylation is 1. The van der Waals surface area contributed by atoms with Crippen LogP contribution < -0.4 is 11.1 Å². The zero-order valence-electron chi connectivity index (χ0n) is 18.9. The number of nitrogens with one attached hydrogen (secondary N) is 1. The van der Waals surface area contributed by atoms with Crippen LogP contribution >= 0.6 is 0 Å². The fourth-order valence-electron chi connectivity index (χ4n) is 3.90. The molecule has 0 fully saturated rings. The first-order valence-electron chi connectivity index (χ1n) is 11.1. The molecule has 0 radical (unpaired) electrons. The molecule has 7 heteroatoms. The van der Waals surface area contributed by atoms with Crippen molar-refractivity contribution < 1.29 is 19.1 Å². The maximum Gasteiger partial charge on any atom is 0.336 e. The molecule has 0 saturated carbocycles. The summed E-state index contributed by atoms with van der Waals surface area (Å²) >= 11 is 0. The summed E-state index contributed by atoms with van der Waals surface area (Å²) in [4.78, 5) is 39.5. The maximum atomic E-state index is 12.9. The van der Waals surface area contributed by atoms with E-state index in [1.54, 1.807) is 13.8 Å². The van der Waals surface area contributed by atoms with Gasteiger partial charge in [-0.1, -0.05) is 42.7 Å². The first kappa shape index (κ1) is 24.6. The van der Waals surface area contributed by atoms with Gasteiger partial charge in [0.25, 0.3) is 0 Å². The fraction of sp³-hybridized carbons (Fsp3) is 0.542. The summed E-state index contributed by atoms with van der Waals surface area (Å²) in [5.41, 5.74) is 8.37. The van der Waals surface area contributed by atoms with Gasteiger partial charge in [-0.25, -0.2) is 4.79 Å². The number of carbonyl (C=O) groups excluding carboxylic acids is 3. The van der Waals surface area contributed by atoms with E-state index in [-0.39, 0.29) is 37.3 Å². The third-order valence-electron chi connectivity index (χ3n) is 5.52. The van der Waals surface area contributed by atoms with Crippen LogP contribution in [-0.4, -0.2) is 48.9 Å². The predicted octanol–water partition coefficient (Wildman–Crippen LogP) is 2.78. The highest BCUT2D eigenvalue weighted by Crippen LogP contribution is 2.37. The van der Waals surface area contributed by atoms with Crippen LogP contribution in [0, 0.1) is 6.92 Å². The summed E-state index contributed by atoms with van der Waals surface area (Å²) in [5, 5.41) is 2.86. The molecule has 1 aliphatic rings. The number of carbonyl (C=O) groups is 3. The Labute approximate surface area is 185 Å². The van der Waals surface area contributed by atoms with Crippen molar-refractivity contribution in [1.82, 2.24) is 10.2 Å². The van der Waals surface area contributed by atoms with Crippen molar-refractivity contribution >= 4 is 17.8 Å². The average Bonchev–Trinajstić information content (AvgIpc) is 2.73. The minimum atomic E-state index is -0.440. The number of nitrogens with two attached hydrogens (primary N) is 1. The molecule has 1 atom stereocenters. The Morgan fingerprint density at radius 3 is 2.61 bits per heavy atom. The molecule has 1 aromatic carbocycles. The van der Waals surface area contributed by atoms with E-state index in [1.165, 1.54) is 4.90 Å². The predicted molar refractivity (Wildman–Crippen MR) is 120 cm³/mol. The van der Waals surface area contributed by atoms with Gasteiger partial charge in [0.2, 0.25) is 11.8 Å². The first-order valence-corrected chi connectivity index (χ1v) is 11.1. The first-order chi connectivity index (χ1) is 14.9. The van der Waals surface area contributed by atoms with Crippen molar-refractivity contribution in [3.63, 3.8) is 0 Å². The molecule has 2 rings (SSSR count). The molecule has 7 nitrogen and oxygen atoms in total. The number of hydrogen-bond acceptors (Lipinski definition) is 5. The molecule has 170 valence electrons. The van der Waals surface area contributed by atoms with Crippen molar-refractivity contribution in [2.45, 2.75) is 58.8 Å². The van der Waals surface area contributed by atoms with E-state index in [0.29, 0.717) is 24.4 Å². The van der Waals surface area contributed by atoms with Crippen LogP contribution in [0.2, 0.25) is 0 Å². The maximum absolute atomic E-state index is 12.9. The van der Waals surface area contributed by atoms with Crippen molar-refractivity contribution in [2.75, 3.05) is 26.2 Å². The summed E-state index contributed by atoms with van der Waals surface area (Å²) < 4.78 is 5.29. The lowest BCUT2D eigenvalue weighted by Crippen LogP contribution is -2.44. The van der Waals surface area contributed by atoms with Gasteiger partial charge in [-0.15, -0.1) is 0 Å². The van der Waals surface area contributed by atoms with Crippen molar-refractivity contribution in [2.24, 2.45) is 5.73 Å². The molecule has 0 aromatic heterocycles. The fourth-order valence-corrected chi connectivity index (χ4v) is 3.90. The van der Waals surface area contributed by atoms with Gasteiger partial charge in [-0.05, 0) is 45.7 Å². The third-order valence-corrected chi connectivity index (χ3v) is 5.52. The highest BCUT2D eigenvalue weighted by Gasteiger charge is 2.37. The topological polar surface area (TPSA) is 102 Å². The second-order valence-electron chi connectivity index (χ2n) is 7.92. The van der Waals surface area contributed by atoms with Crippen LogP contribution in [0.15, 0.2) is 35.5 Å². The lowest BCUT2D eigenvalue weighted by atomic mass is 9.83. The van der Waals surface area contributed by atoms with E-state index in [4.69, 9.17) is 10.5 Å². The quantitative estimate of drug-likeness (QED) is 0.416. The van der Waals surface area contributed by atoms with E-state index in [1.807, 2.05) is 31.2 Å². The minimum absolute atomic E-state index is 0.100. The number of amides is 2. The number of esters is 1. The molecule has 0 spiro atoms. The lowest BCUT2D eigenvalue weighted by Gasteiger charge is -2.34. The SMILES string of the molecule is CCOC(=O)C1=C(C)N(CC(=O)NCCCCCCN)C(=O)C[C@@H]1c1cccc(C)c1. The summed E-state index contributed by atoms with van der Waals surface area (Å²) in [6.07, 6.45) is 4.03. The van der Waals surface area contributed by atoms with Gasteiger partial charge in [0.05, 0.1) is 12.2 Å². The zero-order valence-corrected chi connectivity index (χ0v) is 18.9. The van der Waals surface area contributed by atoms with Crippen molar-refractivity contribution in [3.8, 4) is 0 Å². The van der Waals surface area contributed by atoms with E-state index >= 15 is 0 Å². The monoisotopic (exact) mass is 429 g/mol. The molecule has 0 bridgehead atoms. The van der Waals surface area contributed by atoms with Gasteiger partial charge in [-0.3, -0.25) is 9.59 Å². The van der Waals surface area contributed by atoms with E-state index in [9.17, 15) is 14.4 Å². The van der Waals surface area contributed by atoms with Gasteiger partial charge in [0, 0.05) is 24.6 Å². The highest BCUT2D eigenvalue weighted by molar-refractivity contribution is 5.97. The Balaban J connectivity index is 2.16. The lowest BCUT2D eigenvalue weighted by molar-refractivity contribution is -0.141. The third kappa shape index (κ3) is 6.92. The summed E-state index contributed by atoms with van der Waals surface area (Å²) in [6, 6.07) is 7.80. The van der Waals surface area contributed by atoms with E-state index < -0.39 is 5.97 Å². The van der Waals surface area contributed by atoms with Gasteiger partial charge < -0.3 is 20.7 Å². The Hall–Kier alpha value is -2.67. The zero-order chi connectivity index (χ0) is 22.8. The summed E-state index contributed by atoms with van der Waals surface area (Å²) in [6.45, 7) is 6.83. The number of allylic oxidation sites excluding steroid dienone is 1. The normalized spacial score (nSPS) is 16.5. The number of hydrogen-bond donors (Lipinski definition) is 2. The summed E-state index contributed by atoms with van der Waals surface area (Å²) in [5.74, 6) is -1.23. The van der Waals surface area contributed by atoms with Crippen LogP contribution in [0.3, 0.4) is 0 Å². The van der Waals surface area contributed by atoms with Gasteiger partial charge in [-0.2, -0.15) is 0 Å². The van der Waals surface area contributed by atoms with Crippen molar-refractivity contribution in [3.05, 3.63) is 46.7 Å². The molecule has 0 unspecified atom stereocenters. The highest BCUT2D eigenvalue weighted by atomic mass is 16.5. The minimum Gasteiger partial charge on any atom is -0.463 e. The molecule has 1 aromatic rings. The number of unbranched alkanes of at least 4 members (excludes halogenated alkanes) is 3. The molecule has 0 saturated heterocycles. The molecule has 0 aliphatic carbocycles. The largest absolute Gasteiger partial charge is 0.463 e. The number of benzene rings is 1. The van der Waals surface area contributed by atoms with Crippen molar-refractivity contribution in [1.29, 1.82) is 0 Å². The number of nitrogens with zero attached hydrogens (tertiary/aromatic N) is 1. The van der Waals surface area contributed by atoms with Crippen LogP contribution in [0.1, 0.15) is 63.0 Å². The van der Waals surface area contributed by atoms with Crippen LogP contribution in [-0.2, 0) is 19.1 Å².